The van der Waals surface area contributed by atoms with E-state index in [-0.39, 0.29) is 12.1 Å². The number of hydrogen-bond acceptors (Lipinski definition) is 10. The SMILES string of the molecule is COC(=O)[C@H]1CC/C(=N\Nc2ccc([N+](=O)[O-])cc2[N+](=O)[O-])C[C@@H]1C(=O)OC. The lowest BCUT2D eigenvalue weighted by atomic mass is 9.78. The van der Waals surface area contributed by atoms with Crippen molar-refractivity contribution in [2.24, 2.45) is 16.9 Å². The van der Waals surface area contributed by atoms with E-state index in [9.17, 15) is 29.8 Å². The van der Waals surface area contributed by atoms with Crippen LogP contribution in [0.4, 0.5) is 17.1 Å². The third-order valence-electron chi connectivity index (χ3n) is 4.42. The zero-order valence-corrected chi connectivity index (χ0v) is 15.1. The highest BCUT2D eigenvalue weighted by Crippen LogP contribution is 2.32. The molecule has 0 amide bonds. The normalized spacial score (nSPS) is 20.3. The van der Waals surface area contributed by atoms with E-state index in [0.29, 0.717) is 18.6 Å². The van der Waals surface area contributed by atoms with Crippen LogP contribution in [0.25, 0.3) is 0 Å². The molecule has 2 atom stereocenters. The van der Waals surface area contributed by atoms with Crippen molar-refractivity contribution in [3.05, 3.63) is 38.4 Å². The molecule has 1 aliphatic rings. The Hall–Kier alpha value is -3.57. The first-order chi connectivity index (χ1) is 13.3. The number of nitrogens with one attached hydrogen (secondary N) is 1. The van der Waals surface area contributed by atoms with Crippen LogP contribution in [0.2, 0.25) is 0 Å². The summed E-state index contributed by atoms with van der Waals surface area (Å²) < 4.78 is 9.46. The number of rotatable bonds is 6. The van der Waals surface area contributed by atoms with E-state index in [1.807, 2.05) is 0 Å². The quantitative estimate of drug-likeness (QED) is 0.432. The molecular formula is C16H18N4O8. The first-order valence-corrected chi connectivity index (χ1v) is 8.18. The molecule has 150 valence electrons. The second-order valence-corrected chi connectivity index (χ2v) is 6.01. The summed E-state index contributed by atoms with van der Waals surface area (Å²) in [6.07, 6.45) is 0.774. The van der Waals surface area contributed by atoms with Crippen LogP contribution in [0.15, 0.2) is 23.3 Å². The van der Waals surface area contributed by atoms with Crippen molar-refractivity contribution in [2.75, 3.05) is 19.6 Å². The monoisotopic (exact) mass is 394 g/mol. The number of non-ortho nitro benzene ring substituents is 1. The highest BCUT2D eigenvalue weighted by atomic mass is 16.6. The van der Waals surface area contributed by atoms with Gasteiger partial charge < -0.3 is 9.47 Å². The molecule has 12 heteroatoms. The number of nitro groups is 2. The van der Waals surface area contributed by atoms with Gasteiger partial charge in [-0.1, -0.05) is 0 Å². The van der Waals surface area contributed by atoms with Crippen LogP contribution in [-0.4, -0.2) is 41.7 Å². The highest BCUT2D eigenvalue weighted by Gasteiger charge is 2.39. The number of anilines is 1. The fourth-order valence-electron chi connectivity index (χ4n) is 2.97. The molecule has 0 bridgehead atoms. The van der Waals surface area contributed by atoms with Crippen LogP contribution in [0, 0.1) is 32.1 Å². The van der Waals surface area contributed by atoms with Crippen LogP contribution in [0.5, 0.6) is 0 Å². The predicted octanol–water partition coefficient (Wildman–Crippen LogP) is 2.03. The molecular weight excluding hydrogens is 376 g/mol. The molecule has 0 spiro atoms. The Morgan fingerprint density at radius 1 is 1.11 bits per heavy atom. The van der Waals surface area contributed by atoms with Crippen LogP contribution in [0.1, 0.15) is 19.3 Å². The van der Waals surface area contributed by atoms with Crippen molar-refractivity contribution in [1.82, 2.24) is 0 Å². The molecule has 0 unspecified atom stereocenters. The molecule has 0 aliphatic heterocycles. The fraction of sp³-hybridized carbons (Fsp3) is 0.438. The zero-order chi connectivity index (χ0) is 20.8. The van der Waals surface area contributed by atoms with Crippen LogP contribution in [0.3, 0.4) is 0 Å². The Bertz CT molecular complexity index is 838. The Kier molecular flexibility index (Phi) is 6.58. The molecule has 0 radical (unpaired) electrons. The molecule has 1 aromatic rings. The summed E-state index contributed by atoms with van der Waals surface area (Å²) in [4.78, 5) is 44.3. The first kappa shape index (κ1) is 20.7. The summed E-state index contributed by atoms with van der Waals surface area (Å²) >= 11 is 0. The number of hydrazone groups is 1. The van der Waals surface area contributed by atoms with Crippen molar-refractivity contribution < 1.29 is 28.9 Å². The molecule has 0 heterocycles. The smallest absolute Gasteiger partial charge is 0.309 e. The van der Waals surface area contributed by atoms with Gasteiger partial charge in [-0.25, -0.2) is 0 Å². The maximum absolute atomic E-state index is 12.0. The average Bonchev–Trinajstić information content (AvgIpc) is 2.70. The Balaban J connectivity index is 2.22. The Labute approximate surface area is 158 Å². The lowest BCUT2D eigenvalue weighted by Crippen LogP contribution is -2.37. The number of carbonyl (C=O) groups excluding carboxylic acids is 2. The maximum Gasteiger partial charge on any atom is 0.309 e. The van der Waals surface area contributed by atoms with E-state index in [2.05, 4.69) is 10.5 Å². The van der Waals surface area contributed by atoms with Gasteiger partial charge >= 0.3 is 17.6 Å². The third kappa shape index (κ3) is 4.58. The molecule has 1 aromatic carbocycles. The minimum atomic E-state index is -0.779. The molecule has 12 nitrogen and oxygen atoms in total. The Morgan fingerprint density at radius 3 is 2.32 bits per heavy atom. The van der Waals surface area contributed by atoms with Gasteiger partial charge in [0.2, 0.25) is 0 Å². The molecule has 1 aliphatic carbocycles. The molecule has 1 fully saturated rings. The fourth-order valence-corrected chi connectivity index (χ4v) is 2.97. The van der Waals surface area contributed by atoms with Crippen LogP contribution < -0.4 is 5.43 Å². The molecule has 2 rings (SSSR count). The van der Waals surface area contributed by atoms with Gasteiger partial charge in [0, 0.05) is 18.2 Å². The number of ether oxygens (including phenoxy) is 2. The van der Waals surface area contributed by atoms with Crippen molar-refractivity contribution in [1.29, 1.82) is 0 Å². The molecule has 28 heavy (non-hydrogen) atoms. The number of nitro benzene ring substituents is 2. The summed E-state index contributed by atoms with van der Waals surface area (Å²) in [6, 6.07) is 3.12. The second-order valence-electron chi connectivity index (χ2n) is 6.01. The lowest BCUT2D eigenvalue weighted by Gasteiger charge is -2.28. The zero-order valence-electron chi connectivity index (χ0n) is 15.1. The number of carbonyl (C=O) groups is 2. The number of hydrogen-bond donors (Lipinski definition) is 1. The number of methoxy groups -OCH3 is 2. The van der Waals surface area contributed by atoms with Crippen molar-refractivity contribution in [3.8, 4) is 0 Å². The van der Waals surface area contributed by atoms with Gasteiger partial charge in [-0.05, 0) is 18.9 Å². The van der Waals surface area contributed by atoms with Gasteiger partial charge in [0.25, 0.3) is 5.69 Å². The maximum atomic E-state index is 12.0. The van der Waals surface area contributed by atoms with Gasteiger partial charge in [-0.3, -0.25) is 35.2 Å². The molecule has 1 N–H and O–H groups in total. The van der Waals surface area contributed by atoms with E-state index in [1.54, 1.807) is 0 Å². The van der Waals surface area contributed by atoms with Gasteiger partial charge in [0.05, 0.1) is 42.0 Å². The van der Waals surface area contributed by atoms with E-state index in [1.165, 1.54) is 20.3 Å². The van der Waals surface area contributed by atoms with Gasteiger partial charge in [0.15, 0.2) is 0 Å². The highest BCUT2D eigenvalue weighted by molar-refractivity contribution is 5.93. The van der Waals surface area contributed by atoms with E-state index in [0.717, 1.165) is 12.1 Å². The van der Waals surface area contributed by atoms with E-state index in [4.69, 9.17) is 9.47 Å². The summed E-state index contributed by atoms with van der Waals surface area (Å²) in [6.45, 7) is 0. The van der Waals surface area contributed by atoms with Crippen LogP contribution in [-0.2, 0) is 19.1 Å². The number of esters is 2. The number of nitrogens with zero attached hydrogens (tertiary/aromatic N) is 3. The van der Waals surface area contributed by atoms with Gasteiger partial charge in [0.1, 0.15) is 5.69 Å². The van der Waals surface area contributed by atoms with Crippen molar-refractivity contribution in [3.63, 3.8) is 0 Å². The van der Waals surface area contributed by atoms with Gasteiger partial charge in [-0.15, -0.1) is 0 Å². The topological polar surface area (TPSA) is 163 Å². The van der Waals surface area contributed by atoms with Gasteiger partial charge in [-0.2, -0.15) is 5.10 Å². The Morgan fingerprint density at radius 2 is 1.75 bits per heavy atom. The predicted molar refractivity (Wildman–Crippen MR) is 95.7 cm³/mol. The minimum absolute atomic E-state index is 0.0344. The summed E-state index contributed by atoms with van der Waals surface area (Å²) in [5, 5.41) is 26.0. The van der Waals surface area contributed by atoms with E-state index < -0.39 is 45.0 Å². The molecule has 1 saturated carbocycles. The minimum Gasteiger partial charge on any atom is -0.469 e. The molecule has 0 saturated heterocycles. The van der Waals surface area contributed by atoms with Crippen LogP contribution >= 0.6 is 0 Å². The summed E-state index contributed by atoms with van der Waals surface area (Å²) in [7, 11) is 2.44. The lowest BCUT2D eigenvalue weighted by molar-refractivity contribution is -0.393. The first-order valence-electron chi connectivity index (χ1n) is 8.18. The molecule has 0 aromatic heterocycles. The van der Waals surface area contributed by atoms with Crippen molar-refractivity contribution in [2.45, 2.75) is 19.3 Å². The third-order valence-corrected chi connectivity index (χ3v) is 4.42. The largest absolute Gasteiger partial charge is 0.469 e. The average molecular weight is 394 g/mol. The second kappa shape index (κ2) is 8.88. The van der Waals surface area contributed by atoms with Crippen molar-refractivity contribution >= 4 is 34.7 Å². The van der Waals surface area contributed by atoms with E-state index >= 15 is 0 Å². The number of benzene rings is 1. The standard InChI is InChI=1S/C16H18N4O8/c1-27-15(21)11-5-3-9(7-12(11)16(22)28-2)17-18-13-6-4-10(19(23)24)8-14(13)20(25)26/h4,6,8,11-12,18H,3,5,7H2,1-2H3/b17-9+/t11-,12-/m0/s1. The summed E-state index contributed by atoms with van der Waals surface area (Å²) in [5.41, 5.74) is 2.06. The summed E-state index contributed by atoms with van der Waals surface area (Å²) in [5.74, 6) is -2.54.